The van der Waals surface area contributed by atoms with E-state index in [4.69, 9.17) is 4.99 Å². The number of rotatable bonds is 6. The maximum Gasteiger partial charge on any atom is 0.240 e. The van der Waals surface area contributed by atoms with E-state index in [2.05, 4.69) is 12.2 Å². The molecule has 0 unspecified atom stereocenters. The van der Waals surface area contributed by atoms with Crippen molar-refractivity contribution in [1.29, 1.82) is 0 Å². The van der Waals surface area contributed by atoms with Gasteiger partial charge in [-0.3, -0.25) is 14.6 Å². The summed E-state index contributed by atoms with van der Waals surface area (Å²) < 4.78 is 13.1. The average molecular weight is 429 g/mol. The van der Waals surface area contributed by atoms with Gasteiger partial charge in [-0.15, -0.1) is 0 Å². The Morgan fingerprint density at radius 1 is 1.00 bits per heavy atom. The molecule has 5 nitrogen and oxygen atoms in total. The van der Waals surface area contributed by atoms with E-state index in [1.165, 1.54) is 22.6 Å². The topological polar surface area (TPSA) is 61.8 Å². The molecular formula is C26H24FN3O2. The first-order valence-corrected chi connectivity index (χ1v) is 10.6. The van der Waals surface area contributed by atoms with E-state index in [0.717, 1.165) is 17.5 Å². The van der Waals surface area contributed by atoms with E-state index >= 15 is 0 Å². The van der Waals surface area contributed by atoms with Crippen LogP contribution in [-0.2, 0) is 22.6 Å². The van der Waals surface area contributed by atoms with Crippen molar-refractivity contribution in [3.63, 3.8) is 0 Å². The van der Waals surface area contributed by atoms with Crippen LogP contribution in [0.25, 0.3) is 0 Å². The maximum atomic E-state index is 13.2. The largest absolute Gasteiger partial charge is 0.350 e. The minimum Gasteiger partial charge on any atom is -0.350 e. The van der Waals surface area contributed by atoms with Crippen LogP contribution < -0.4 is 10.2 Å². The number of amides is 2. The Morgan fingerprint density at radius 3 is 2.41 bits per heavy atom. The van der Waals surface area contributed by atoms with Gasteiger partial charge in [-0.2, -0.15) is 0 Å². The van der Waals surface area contributed by atoms with Crippen molar-refractivity contribution >= 4 is 28.9 Å². The third kappa shape index (κ3) is 4.91. The smallest absolute Gasteiger partial charge is 0.240 e. The summed E-state index contributed by atoms with van der Waals surface area (Å²) in [5, 5.41) is 2.80. The lowest BCUT2D eigenvalue weighted by molar-refractivity contribution is -0.123. The molecule has 6 heteroatoms. The van der Waals surface area contributed by atoms with E-state index in [1.807, 2.05) is 42.5 Å². The van der Waals surface area contributed by atoms with Crippen LogP contribution in [0.5, 0.6) is 0 Å². The van der Waals surface area contributed by atoms with Crippen LogP contribution in [0.1, 0.15) is 30.0 Å². The minimum absolute atomic E-state index is 0.103. The third-order valence-corrected chi connectivity index (χ3v) is 5.45. The number of halogens is 1. The number of hydrogen-bond acceptors (Lipinski definition) is 3. The molecule has 3 aromatic carbocycles. The van der Waals surface area contributed by atoms with Gasteiger partial charge in [0.15, 0.2) is 0 Å². The zero-order valence-electron chi connectivity index (χ0n) is 17.8. The number of fused-ring (bicyclic) bond motifs is 1. The molecule has 0 spiro atoms. The SMILES string of the molecule is CCc1ccc(C2=Nc3ccccc3N(CC(=O)NCc3ccc(F)cc3)C(=O)C2)cc1. The predicted octanol–water partition coefficient (Wildman–Crippen LogP) is 4.56. The van der Waals surface area contributed by atoms with Crippen molar-refractivity contribution in [2.24, 2.45) is 4.99 Å². The highest BCUT2D eigenvalue weighted by molar-refractivity contribution is 6.18. The van der Waals surface area contributed by atoms with Gasteiger partial charge < -0.3 is 10.2 Å². The molecule has 0 saturated heterocycles. The van der Waals surface area contributed by atoms with Gasteiger partial charge >= 0.3 is 0 Å². The fraction of sp³-hybridized carbons (Fsp3) is 0.192. The molecule has 4 rings (SSSR count). The quantitative estimate of drug-likeness (QED) is 0.624. The lowest BCUT2D eigenvalue weighted by atomic mass is 10.0. The normalized spacial score (nSPS) is 13.2. The minimum atomic E-state index is -0.327. The van der Waals surface area contributed by atoms with Gasteiger partial charge in [0.1, 0.15) is 12.4 Å². The number of benzene rings is 3. The van der Waals surface area contributed by atoms with Gasteiger partial charge in [0.05, 0.1) is 23.5 Å². The van der Waals surface area contributed by atoms with Crippen LogP contribution in [0.2, 0.25) is 0 Å². The monoisotopic (exact) mass is 429 g/mol. The summed E-state index contributed by atoms with van der Waals surface area (Å²) in [5.41, 5.74) is 4.83. The Hall–Kier alpha value is -3.80. The molecule has 1 aliphatic heterocycles. The van der Waals surface area contributed by atoms with E-state index in [0.29, 0.717) is 17.1 Å². The number of hydrogen-bond donors (Lipinski definition) is 1. The molecule has 0 fully saturated rings. The number of carbonyl (C=O) groups excluding carboxylic acids is 2. The summed E-state index contributed by atoms with van der Waals surface area (Å²) in [6.07, 6.45) is 1.04. The van der Waals surface area contributed by atoms with Crippen molar-refractivity contribution in [3.8, 4) is 0 Å². The molecule has 0 bridgehead atoms. The molecule has 1 N–H and O–H groups in total. The summed E-state index contributed by atoms with van der Waals surface area (Å²) in [6.45, 7) is 2.24. The van der Waals surface area contributed by atoms with Crippen LogP contribution in [0.3, 0.4) is 0 Å². The number of aliphatic imine (C=N–C) groups is 1. The summed E-state index contributed by atoms with van der Waals surface area (Å²) in [5.74, 6) is -0.814. The molecule has 2 amide bonds. The summed E-state index contributed by atoms with van der Waals surface area (Å²) in [4.78, 5) is 32.0. The number of anilines is 1. The molecule has 0 atom stereocenters. The fourth-order valence-corrected chi connectivity index (χ4v) is 3.62. The molecule has 1 heterocycles. The average Bonchev–Trinajstić information content (AvgIpc) is 2.95. The van der Waals surface area contributed by atoms with Crippen LogP contribution in [0.15, 0.2) is 77.8 Å². The Morgan fingerprint density at radius 2 is 1.69 bits per heavy atom. The van der Waals surface area contributed by atoms with Crippen LogP contribution >= 0.6 is 0 Å². The van der Waals surface area contributed by atoms with Crippen molar-refractivity contribution in [1.82, 2.24) is 5.32 Å². The van der Waals surface area contributed by atoms with Gasteiger partial charge in [0.25, 0.3) is 0 Å². The van der Waals surface area contributed by atoms with E-state index in [9.17, 15) is 14.0 Å². The highest BCUT2D eigenvalue weighted by Gasteiger charge is 2.26. The van der Waals surface area contributed by atoms with Crippen molar-refractivity contribution in [2.45, 2.75) is 26.3 Å². The van der Waals surface area contributed by atoms with Crippen molar-refractivity contribution in [2.75, 3.05) is 11.4 Å². The van der Waals surface area contributed by atoms with E-state index < -0.39 is 0 Å². The Kier molecular flexibility index (Phi) is 6.40. The Labute approximate surface area is 186 Å². The van der Waals surface area contributed by atoms with E-state index in [1.54, 1.807) is 18.2 Å². The first-order valence-electron chi connectivity index (χ1n) is 10.6. The predicted molar refractivity (Wildman–Crippen MR) is 124 cm³/mol. The summed E-state index contributed by atoms with van der Waals surface area (Å²) >= 11 is 0. The van der Waals surface area contributed by atoms with Crippen molar-refractivity contribution in [3.05, 3.63) is 95.3 Å². The van der Waals surface area contributed by atoms with E-state index in [-0.39, 0.29) is 37.1 Å². The van der Waals surface area contributed by atoms with Gasteiger partial charge in [0, 0.05) is 6.54 Å². The molecule has 0 saturated carbocycles. The molecule has 162 valence electrons. The highest BCUT2D eigenvalue weighted by Crippen LogP contribution is 2.32. The zero-order valence-corrected chi connectivity index (χ0v) is 17.8. The number of nitrogens with one attached hydrogen (secondary N) is 1. The second kappa shape index (κ2) is 9.56. The third-order valence-electron chi connectivity index (χ3n) is 5.45. The second-order valence-electron chi connectivity index (χ2n) is 7.66. The first-order chi connectivity index (χ1) is 15.5. The number of nitrogens with zero attached hydrogens (tertiary/aromatic N) is 2. The van der Waals surface area contributed by atoms with Crippen LogP contribution in [-0.4, -0.2) is 24.1 Å². The number of para-hydroxylation sites is 2. The zero-order chi connectivity index (χ0) is 22.5. The van der Waals surface area contributed by atoms with Crippen LogP contribution in [0, 0.1) is 5.82 Å². The van der Waals surface area contributed by atoms with Crippen molar-refractivity contribution < 1.29 is 14.0 Å². The molecule has 0 aliphatic carbocycles. The molecule has 1 aliphatic rings. The van der Waals surface area contributed by atoms with Gasteiger partial charge in [-0.1, -0.05) is 55.5 Å². The van der Waals surface area contributed by atoms with Gasteiger partial charge in [-0.25, -0.2) is 4.39 Å². The number of aryl methyl sites for hydroxylation is 1. The standard InChI is InChI=1S/C26H24FN3O2/c1-2-18-7-11-20(12-8-18)23-15-26(32)30(24-6-4-3-5-22(24)29-23)17-25(31)28-16-19-9-13-21(27)14-10-19/h3-14H,2,15-17H2,1H3,(H,28,31). The summed E-state index contributed by atoms with van der Waals surface area (Å²) in [6, 6.07) is 21.3. The highest BCUT2D eigenvalue weighted by atomic mass is 19.1. The molecular weight excluding hydrogens is 405 g/mol. The second-order valence-corrected chi connectivity index (χ2v) is 7.66. The lowest BCUT2D eigenvalue weighted by Gasteiger charge is -2.22. The molecule has 32 heavy (non-hydrogen) atoms. The fourth-order valence-electron chi connectivity index (χ4n) is 3.62. The van der Waals surface area contributed by atoms with Gasteiger partial charge in [0.2, 0.25) is 11.8 Å². The summed E-state index contributed by atoms with van der Waals surface area (Å²) in [7, 11) is 0. The van der Waals surface area contributed by atoms with Gasteiger partial charge in [-0.05, 0) is 47.4 Å². The Balaban J connectivity index is 1.52. The first kappa shape index (κ1) is 21.4. The molecule has 0 aromatic heterocycles. The number of carbonyl (C=O) groups is 2. The molecule has 3 aromatic rings. The molecule has 0 radical (unpaired) electrons. The lowest BCUT2D eigenvalue weighted by Crippen LogP contribution is -2.41. The Bertz CT molecular complexity index is 1150. The maximum absolute atomic E-state index is 13.2. The van der Waals surface area contributed by atoms with Crippen LogP contribution in [0.4, 0.5) is 15.8 Å².